The van der Waals surface area contributed by atoms with Crippen molar-refractivity contribution in [3.05, 3.63) is 35.4 Å². The predicted molar refractivity (Wildman–Crippen MR) is 107 cm³/mol. The Labute approximate surface area is 154 Å². The molecule has 1 fully saturated rings. The molecule has 2 N–H and O–H groups in total. The van der Waals surface area contributed by atoms with Gasteiger partial charge in [-0.1, -0.05) is 56.4 Å². The Morgan fingerprint density at radius 1 is 1.12 bits per heavy atom. The SMILES string of the molecule is CNCC(CCc1ccccc1CNC(C)CC1CCCCC1)OC. The summed E-state index contributed by atoms with van der Waals surface area (Å²) < 4.78 is 5.56. The monoisotopic (exact) mass is 346 g/mol. The molecule has 2 unspecified atom stereocenters. The van der Waals surface area contributed by atoms with Crippen LogP contribution in [0.2, 0.25) is 0 Å². The Bertz CT molecular complexity index is 471. The summed E-state index contributed by atoms with van der Waals surface area (Å²) >= 11 is 0. The quantitative estimate of drug-likeness (QED) is 0.627. The normalized spacial score (nSPS) is 18.2. The lowest BCUT2D eigenvalue weighted by Gasteiger charge is -2.25. The van der Waals surface area contributed by atoms with Gasteiger partial charge in [0.05, 0.1) is 6.10 Å². The van der Waals surface area contributed by atoms with E-state index in [2.05, 4.69) is 41.8 Å². The van der Waals surface area contributed by atoms with Crippen molar-refractivity contribution in [1.82, 2.24) is 10.6 Å². The second-order valence-corrected chi connectivity index (χ2v) is 7.74. The zero-order chi connectivity index (χ0) is 17.9. The molecule has 1 aliphatic rings. The molecule has 1 aromatic carbocycles. The molecule has 2 atom stereocenters. The third kappa shape index (κ3) is 7.47. The largest absolute Gasteiger partial charge is 0.380 e. The molecular formula is C22H38N2O. The molecule has 0 amide bonds. The highest BCUT2D eigenvalue weighted by atomic mass is 16.5. The topological polar surface area (TPSA) is 33.3 Å². The van der Waals surface area contributed by atoms with Gasteiger partial charge in [0.15, 0.2) is 0 Å². The van der Waals surface area contributed by atoms with Crippen LogP contribution < -0.4 is 10.6 Å². The highest BCUT2D eigenvalue weighted by Gasteiger charge is 2.16. The number of methoxy groups -OCH3 is 1. The minimum Gasteiger partial charge on any atom is -0.380 e. The number of nitrogens with one attached hydrogen (secondary N) is 2. The minimum absolute atomic E-state index is 0.288. The van der Waals surface area contributed by atoms with Gasteiger partial charge in [-0.2, -0.15) is 0 Å². The first-order valence-corrected chi connectivity index (χ1v) is 10.2. The van der Waals surface area contributed by atoms with Crippen molar-refractivity contribution in [2.75, 3.05) is 20.7 Å². The van der Waals surface area contributed by atoms with Gasteiger partial charge in [0.25, 0.3) is 0 Å². The molecule has 1 saturated carbocycles. The Morgan fingerprint density at radius 2 is 1.84 bits per heavy atom. The third-order valence-corrected chi connectivity index (χ3v) is 5.67. The lowest BCUT2D eigenvalue weighted by molar-refractivity contribution is 0.0964. The second-order valence-electron chi connectivity index (χ2n) is 7.74. The van der Waals surface area contributed by atoms with E-state index in [0.717, 1.165) is 31.8 Å². The fourth-order valence-corrected chi connectivity index (χ4v) is 4.11. The fraction of sp³-hybridized carbons (Fsp3) is 0.727. The molecule has 0 radical (unpaired) electrons. The van der Waals surface area contributed by atoms with Gasteiger partial charge in [0.2, 0.25) is 0 Å². The van der Waals surface area contributed by atoms with Crippen LogP contribution in [0.3, 0.4) is 0 Å². The Balaban J connectivity index is 1.80. The van der Waals surface area contributed by atoms with Crippen LogP contribution in [0.4, 0.5) is 0 Å². The van der Waals surface area contributed by atoms with Crippen LogP contribution in [-0.2, 0) is 17.7 Å². The number of hydrogen-bond acceptors (Lipinski definition) is 3. The van der Waals surface area contributed by atoms with Crippen molar-refractivity contribution in [3.8, 4) is 0 Å². The molecule has 0 aromatic heterocycles. The van der Waals surface area contributed by atoms with Crippen molar-refractivity contribution < 1.29 is 4.74 Å². The lowest BCUT2D eigenvalue weighted by Crippen LogP contribution is -2.29. The summed E-state index contributed by atoms with van der Waals surface area (Å²) in [4.78, 5) is 0. The molecule has 2 rings (SSSR count). The van der Waals surface area contributed by atoms with E-state index in [9.17, 15) is 0 Å². The molecular weight excluding hydrogens is 308 g/mol. The number of likely N-dealkylation sites (N-methyl/N-ethyl adjacent to an activating group) is 1. The van der Waals surface area contributed by atoms with Crippen LogP contribution in [0.25, 0.3) is 0 Å². The van der Waals surface area contributed by atoms with Crippen LogP contribution in [0.1, 0.15) is 63.0 Å². The summed E-state index contributed by atoms with van der Waals surface area (Å²) in [5.41, 5.74) is 2.90. The zero-order valence-electron chi connectivity index (χ0n) is 16.5. The zero-order valence-corrected chi connectivity index (χ0v) is 16.5. The molecule has 1 aliphatic carbocycles. The summed E-state index contributed by atoms with van der Waals surface area (Å²) in [6.45, 7) is 4.24. The fourth-order valence-electron chi connectivity index (χ4n) is 4.11. The molecule has 0 bridgehead atoms. The van der Waals surface area contributed by atoms with E-state index < -0.39 is 0 Å². The highest BCUT2D eigenvalue weighted by Crippen LogP contribution is 2.27. The smallest absolute Gasteiger partial charge is 0.0698 e. The standard InChI is InChI=1S/C22H38N2O/c1-18(15-19-9-5-4-6-10-19)24-16-21-12-8-7-11-20(21)13-14-22(25-3)17-23-2/h7-8,11-12,18-19,22-24H,4-6,9-10,13-17H2,1-3H3. The first-order valence-electron chi connectivity index (χ1n) is 10.2. The van der Waals surface area contributed by atoms with Crippen molar-refractivity contribution in [3.63, 3.8) is 0 Å². The number of ether oxygens (including phenoxy) is 1. The average molecular weight is 347 g/mol. The Morgan fingerprint density at radius 3 is 2.52 bits per heavy atom. The van der Waals surface area contributed by atoms with Gasteiger partial charge in [-0.15, -0.1) is 0 Å². The molecule has 0 aliphatic heterocycles. The molecule has 0 saturated heterocycles. The van der Waals surface area contributed by atoms with E-state index in [1.54, 1.807) is 0 Å². The predicted octanol–water partition coefficient (Wildman–Crippen LogP) is 4.30. The van der Waals surface area contributed by atoms with E-state index in [0.29, 0.717) is 6.04 Å². The summed E-state index contributed by atoms with van der Waals surface area (Å²) in [6.07, 6.45) is 11.0. The molecule has 0 heterocycles. The van der Waals surface area contributed by atoms with Crippen molar-refractivity contribution in [2.45, 2.75) is 77.0 Å². The molecule has 3 heteroatoms. The van der Waals surface area contributed by atoms with E-state index >= 15 is 0 Å². The van der Waals surface area contributed by atoms with E-state index in [1.807, 2.05) is 14.2 Å². The van der Waals surface area contributed by atoms with Gasteiger partial charge in [0, 0.05) is 26.2 Å². The molecule has 0 spiro atoms. The van der Waals surface area contributed by atoms with Crippen LogP contribution in [0.15, 0.2) is 24.3 Å². The van der Waals surface area contributed by atoms with Gasteiger partial charge in [-0.25, -0.2) is 0 Å². The first-order chi connectivity index (χ1) is 12.2. The second kappa shape index (κ2) is 11.7. The Hall–Kier alpha value is -0.900. The maximum Gasteiger partial charge on any atom is 0.0698 e. The average Bonchev–Trinajstić information content (AvgIpc) is 2.65. The highest BCUT2D eigenvalue weighted by molar-refractivity contribution is 5.27. The van der Waals surface area contributed by atoms with E-state index in [4.69, 9.17) is 4.74 Å². The number of benzene rings is 1. The van der Waals surface area contributed by atoms with Crippen LogP contribution >= 0.6 is 0 Å². The minimum atomic E-state index is 0.288. The maximum atomic E-state index is 5.56. The van der Waals surface area contributed by atoms with E-state index in [1.165, 1.54) is 49.7 Å². The van der Waals surface area contributed by atoms with Gasteiger partial charge in [-0.05, 0) is 50.3 Å². The lowest BCUT2D eigenvalue weighted by atomic mass is 9.85. The molecule has 1 aromatic rings. The van der Waals surface area contributed by atoms with Gasteiger partial charge in [0.1, 0.15) is 0 Å². The number of aryl methyl sites for hydroxylation is 1. The van der Waals surface area contributed by atoms with Crippen LogP contribution in [0, 0.1) is 5.92 Å². The number of hydrogen-bond donors (Lipinski definition) is 2. The van der Waals surface area contributed by atoms with Crippen LogP contribution in [0.5, 0.6) is 0 Å². The van der Waals surface area contributed by atoms with Crippen molar-refractivity contribution in [2.24, 2.45) is 5.92 Å². The summed E-state index contributed by atoms with van der Waals surface area (Å²) in [5, 5.41) is 6.98. The van der Waals surface area contributed by atoms with Gasteiger partial charge in [-0.3, -0.25) is 0 Å². The third-order valence-electron chi connectivity index (χ3n) is 5.67. The van der Waals surface area contributed by atoms with Gasteiger partial charge >= 0.3 is 0 Å². The maximum absolute atomic E-state index is 5.56. The number of rotatable bonds is 11. The van der Waals surface area contributed by atoms with Crippen molar-refractivity contribution >= 4 is 0 Å². The molecule has 25 heavy (non-hydrogen) atoms. The van der Waals surface area contributed by atoms with E-state index in [-0.39, 0.29) is 6.10 Å². The molecule has 142 valence electrons. The summed E-state index contributed by atoms with van der Waals surface area (Å²) in [5.74, 6) is 0.940. The molecule has 3 nitrogen and oxygen atoms in total. The first kappa shape index (κ1) is 20.4. The van der Waals surface area contributed by atoms with Crippen molar-refractivity contribution in [1.29, 1.82) is 0 Å². The summed E-state index contributed by atoms with van der Waals surface area (Å²) in [7, 11) is 3.79. The summed E-state index contributed by atoms with van der Waals surface area (Å²) in [6, 6.07) is 9.47. The van der Waals surface area contributed by atoms with Gasteiger partial charge < -0.3 is 15.4 Å². The Kier molecular flexibility index (Phi) is 9.52. The van der Waals surface area contributed by atoms with Crippen LogP contribution in [-0.4, -0.2) is 32.8 Å².